The standard InChI is InChI=1S/C9H13NO3S/c1-6-2-3-14-8(6)9(13)10-4-7(12)5-11/h2-3,7,11-12H,4-5H2,1H3,(H,10,13). The van der Waals surface area contributed by atoms with E-state index in [1.54, 1.807) is 0 Å². The summed E-state index contributed by atoms with van der Waals surface area (Å²) < 4.78 is 0. The van der Waals surface area contributed by atoms with E-state index < -0.39 is 6.10 Å². The van der Waals surface area contributed by atoms with Gasteiger partial charge in [-0.15, -0.1) is 11.3 Å². The summed E-state index contributed by atoms with van der Waals surface area (Å²) in [5.74, 6) is -0.204. The second kappa shape index (κ2) is 5.09. The van der Waals surface area contributed by atoms with Crippen molar-refractivity contribution in [2.75, 3.05) is 13.2 Å². The number of aliphatic hydroxyl groups is 2. The number of aryl methyl sites for hydroxylation is 1. The van der Waals surface area contributed by atoms with Gasteiger partial charge >= 0.3 is 0 Å². The highest BCUT2D eigenvalue weighted by atomic mass is 32.1. The number of amides is 1. The van der Waals surface area contributed by atoms with Crippen molar-refractivity contribution in [3.63, 3.8) is 0 Å². The number of rotatable bonds is 4. The molecule has 0 radical (unpaired) electrons. The van der Waals surface area contributed by atoms with Gasteiger partial charge in [0.2, 0.25) is 0 Å². The maximum absolute atomic E-state index is 11.5. The molecule has 0 fully saturated rings. The molecule has 0 saturated heterocycles. The van der Waals surface area contributed by atoms with Crippen LogP contribution in [-0.4, -0.2) is 35.4 Å². The van der Waals surface area contributed by atoms with Crippen LogP contribution in [0.15, 0.2) is 11.4 Å². The molecule has 0 aromatic carbocycles. The molecule has 1 atom stereocenters. The summed E-state index contributed by atoms with van der Waals surface area (Å²) >= 11 is 1.36. The molecular formula is C9H13NO3S. The molecule has 0 aliphatic heterocycles. The third-order valence-electron chi connectivity index (χ3n) is 1.78. The third kappa shape index (κ3) is 2.80. The second-order valence-electron chi connectivity index (χ2n) is 2.98. The lowest BCUT2D eigenvalue weighted by atomic mass is 10.3. The normalized spacial score (nSPS) is 12.5. The summed E-state index contributed by atoms with van der Waals surface area (Å²) in [5, 5.41) is 21.9. The molecule has 1 rings (SSSR count). The van der Waals surface area contributed by atoms with Gasteiger partial charge in [-0.05, 0) is 23.9 Å². The van der Waals surface area contributed by atoms with E-state index in [9.17, 15) is 4.79 Å². The van der Waals surface area contributed by atoms with Crippen molar-refractivity contribution in [2.45, 2.75) is 13.0 Å². The first-order chi connectivity index (χ1) is 6.65. The van der Waals surface area contributed by atoms with Crippen LogP contribution in [0, 0.1) is 6.92 Å². The summed E-state index contributed by atoms with van der Waals surface area (Å²) in [6, 6.07) is 1.86. The van der Waals surface area contributed by atoms with E-state index in [1.807, 2.05) is 18.4 Å². The van der Waals surface area contributed by atoms with Crippen molar-refractivity contribution < 1.29 is 15.0 Å². The van der Waals surface area contributed by atoms with Crippen molar-refractivity contribution >= 4 is 17.2 Å². The lowest BCUT2D eigenvalue weighted by Crippen LogP contribution is -2.33. The topological polar surface area (TPSA) is 69.6 Å². The Bertz CT molecular complexity index is 311. The fraction of sp³-hybridized carbons (Fsp3) is 0.444. The smallest absolute Gasteiger partial charge is 0.261 e. The van der Waals surface area contributed by atoms with Crippen molar-refractivity contribution in [1.82, 2.24) is 5.32 Å². The number of carbonyl (C=O) groups is 1. The fourth-order valence-corrected chi connectivity index (χ4v) is 1.80. The molecule has 0 spiro atoms. The maximum atomic E-state index is 11.5. The quantitative estimate of drug-likeness (QED) is 0.669. The van der Waals surface area contributed by atoms with E-state index in [4.69, 9.17) is 10.2 Å². The first-order valence-corrected chi connectivity index (χ1v) is 5.14. The molecule has 0 aliphatic carbocycles. The minimum atomic E-state index is -0.890. The number of aliphatic hydroxyl groups excluding tert-OH is 2. The Morgan fingerprint density at radius 3 is 2.93 bits per heavy atom. The molecular weight excluding hydrogens is 202 g/mol. The van der Waals surface area contributed by atoms with Crippen molar-refractivity contribution in [3.05, 3.63) is 21.9 Å². The molecule has 5 heteroatoms. The van der Waals surface area contributed by atoms with Crippen LogP contribution in [0.1, 0.15) is 15.2 Å². The van der Waals surface area contributed by atoms with E-state index in [0.717, 1.165) is 5.56 Å². The summed E-state index contributed by atoms with van der Waals surface area (Å²) in [7, 11) is 0. The van der Waals surface area contributed by atoms with Gasteiger partial charge in [0.05, 0.1) is 17.6 Å². The van der Waals surface area contributed by atoms with Crippen LogP contribution in [-0.2, 0) is 0 Å². The molecule has 1 heterocycles. The average molecular weight is 215 g/mol. The Labute approximate surface area is 86.2 Å². The van der Waals surface area contributed by atoms with Gasteiger partial charge in [0.1, 0.15) is 0 Å². The molecule has 0 aliphatic rings. The first-order valence-electron chi connectivity index (χ1n) is 4.26. The van der Waals surface area contributed by atoms with Gasteiger partial charge in [0, 0.05) is 6.54 Å². The van der Waals surface area contributed by atoms with Gasteiger partial charge < -0.3 is 15.5 Å². The molecule has 78 valence electrons. The molecule has 1 aromatic heterocycles. The predicted molar refractivity (Wildman–Crippen MR) is 54.5 cm³/mol. The van der Waals surface area contributed by atoms with E-state index in [-0.39, 0.29) is 19.1 Å². The monoisotopic (exact) mass is 215 g/mol. The average Bonchev–Trinajstić information content (AvgIpc) is 2.60. The lowest BCUT2D eigenvalue weighted by molar-refractivity contribution is 0.0804. The highest BCUT2D eigenvalue weighted by molar-refractivity contribution is 7.12. The third-order valence-corrected chi connectivity index (χ3v) is 2.79. The summed E-state index contributed by atoms with van der Waals surface area (Å²) in [6.45, 7) is 1.59. The van der Waals surface area contributed by atoms with Crippen LogP contribution in [0.25, 0.3) is 0 Å². The molecule has 1 unspecified atom stereocenters. The summed E-state index contributed by atoms with van der Waals surface area (Å²) in [4.78, 5) is 12.1. The van der Waals surface area contributed by atoms with E-state index in [2.05, 4.69) is 5.32 Å². The number of carbonyl (C=O) groups excluding carboxylic acids is 1. The minimum Gasteiger partial charge on any atom is -0.394 e. The Balaban J connectivity index is 2.47. The number of hydrogen-bond donors (Lipinski definition) is 3. The second-order valence-corrected chi connectivity index (χ2v) is 3.90. The van der Waals surface area contributed by atoms with Gasteiger partial charge in [-0.25, -0.2) is 0 Å². The zero-order chi connectivity index (χ0) is 10.6. The van der Waals surface area contributed by atoms with Gasteiger partial charge in [0.15, 0.2) is 0 Å². The SMILES string of the molecule is Cc1ccsc1C(=O)NCC(O)CO. The lowest BCUT2D eigenvalue weighted by Gasteiger charge is -2.08. The van der Waals surface area contributed by atoms with Crippen molar-refractivity contribution in [2.24, 2.45) is 0 Å². The highest BCUT2D eigenvalue weighted by Gasteiger charge is 2.11. The Morgan fingerprint density at radius 1 is 1.71 bits per heavy atom. The number of thiophene rings is 1. The maximum Gasteiger partial charge on any atom is 0.261 e. The highest BCUT2D eigenvalue weighted by Crippen LogP contribution is 2.14. The molecule has 0 saturated carbocycles. The number of hydrogen-bond acceptors (Lipinski definition) is 4. The molecule has 0 bridgehead atoms. The van der Waals surface area contributed by atoms with Crippen molar-refractivity contribution in [1.29, 1.82) is 0 Å². The molecule has 3 N–H and O–H groups in total. The van der Waals surface area contributed by atoms with Crippen LogP contribution in [0.5, 0.6) is 0 Å². The van der Waals surface area contributed by atoms with Crippen LogP contribution >= 0.6 is 11.3 Å². The predicted octanol–water partition coefficient (Wildman–Crippen LogP) is 0.140. The van der Waals surface area contributed by atoms with Crippen LogP contribution in [0.3, 0.4) is 0 Å². The van der Waals surface area contributed by atoms with Gasteiger partial charge in [-0.3, -0.25) is 4.79 Å². The van der Waals surface area contributed by atoms with E-state index in [1.165, 1.54) is 11.3 Å². The van der Waals surface area contributed by atoms with Gasteiger partial charge in [-0.1, -0.05) is 0 Å². The minimum absolute atomic E-state index is 0.0761. The van der Waals surface area contributed by atoms with Crippen LogP contribution < -0.4 is 5.32 Å². The van der Waals surface area contributed by atoms with Crippen LogP contribution in [0.2, 0.25) is 0 Å². The van der Waals surface area contributed by atoms with Crippen molar-refractivity contribution in [3.8, 4) is 0 Å². The summed E-state index contributed by atoms with van der Waals surface area (Å²) in [6.07, 6.45) is -0.890. The zero-order valence-electron chi connectivity index (χ0n) is 7.86. The summed E-state index contributed by atoms with van der Waals surface area (Å²) in [5.41, 5.74) is 0.922. The van der Waals surface area contributed by atoms with Gasteiger partial charge in [0.25, 0.3) is 5.91 Å². The molecule has 1 amide bonds. The number of nitrogens with one attached hydrogen (secondary N) is 1. The molecule has 14 heavy (non-hydrogen) atoms. The first kappa shape index (κ1) is 11.2. The van der Waals surface area contributed by atoms with E-state index >= 15 is 0 Å². The van der Waals surface area contributed by atoms with E-state index in [0.29, 0.717) is 4.88 Å². The molecule has 1 aromatic rings. The zero-order valence-corrected chi connectivity index (χ0v) is 8.67. The van der Waals surface area contributed by atoms with Crippen LogP contribution in [0.4, 0.5) is 0 Å². The Morgan fingerprint density at radius 2 is 2.43 bits per heavy atom. The molecule has 4 nitrogen and oxygen atoms in total. The fourth-order valence-electron chi connectivity index (χ4n) is 0.961. The largest absolute Gasteiger partial charge is 0.394 e. The Kier molecular flexibility index (Phi) is 4.06. The van der Waals surface area contributed by atoms with Gasteiger partial charge in [-0.2, -0.15) is 0 Å². The Hall–Kier alpha value is -0.910.